The molecule has 0 aromatic carbocycles. The summed E-state index contributed by atoms with van der Waals surface area (Å²) in [5.74, 6) is 0. The van der Waals surface area contributed by atoms with Crippen LogP contribution in [0.3, 0.4) is 0 Å². The lowest BCUT2D eigenvalue weighted by Crippen LogP contribution is -1.98. The van der Waals surface area contributed by atoms with Crippen molar-refractivity contribution in [3.05, 3.63) is 36.7 Å². The molecule has 0 fully saturated rings. The van der Waals surface area contributed by atoms with Gasteiger partial charge in [0.2, 0.25) is 0 Å². The minimum Gasteiger partial charge on any atom is -0.366 e. The van der Waals surface area contributed by atoms with Crippen molar-refractivity contribution in [2.45, 2.75) is 13.8 Å². The summed E-state index contributed by atoms with van der Waals surface area (Å²) in [4.78, 5) is 0. The van der Waals surface area contributed by atoms with Gasteiger partial charge in [-0.3, -0.25) is 0 Å². The first-order valence-corrected chi connectivity index (χ1v) is 2.98. The van der Waals surface area contributed by atoms with Crippen molar-refractivity contribution in [1.29, 1.82) is 0 Å². The molecule has 1 N–H and O–H groups in total. The lowest BCUT2D eigenvalue weighted by Gasteiger charge is -1.94. The van der Waals surface area contributed by atoms with Crippen molar-refractivity contribution in [3.63, 3.8) is 0 Å². The zero-order chi connectivity index (χ0) is 7.11. The Morgan fingerprint density at radius 1 is 1.56 bits per heavy atom. The minimum absolute atomic E-state index is 1.10. The predicted molar refractivity (Wildman–Crippen MR) is 41.9 cm³/mol. The Morgan fingerprint density at radius 2 is 2.22 bits per heavy atom. The van der Waals surface area contributed by atoms with Crippen molar-refractivity contribution in [2.75, 3.05) is 0 Å². The van der Waals surface area contributed by atoms with E-state index in [1.54, 1.807) is 6.20 Å². The first kappa shape index (κ1) is 8.02. The van der Waals surface area contributed by atoms with Gasteiger partial charge in [-0.05, 0) is 26.1 Å². The highest BCUT2D eigenvalue weighted by Gasteiger charge is 1.75. The summed E-state index contributed by atoms with van der Waals surface area (Å²) < 4.78 is 0. The van der Waals surface area contributed by atoms with E-state index in [1.807, 2.05) is 32.1 Å². The molecule has 0 saturated heterocycles. The Hall–Kier alpha value is -0.980. The third kappa shape index (κ3) is 4.88. The van der Waals surface area contributed by atoms with Gasteiger partial charge in [0.05, 0.1) is 0 Å². The zero-order valence-electron chi connectivity index (χ0n) is 6.02. The van der Waals surface area contributed by atoms with Crippen molar-refractivity contribution >= 4 is 0 Å². The van der Waals surface area contributed by atoms with Crippen LogP contribution in [0.25, 0.3) is 0 Å². The van der Waals surface area contributed by atoms with E-state index in [0.29, 0.717) is 0 Å². The standard InChI is InChI=1S/C8H13N/c1-4-6-7-8(3)9-5-2/h4-7,9H,2H2,1,3H3/b6-4-,8-7+. The monoisotopic (exact) mass is 123 g/mol. The molecule has 0 atom stereocenters. The summed E-state index contributed by atoms with van der Waals surface area (Å²) in [6.45, 7) is 7.50. The first-order chi connectivity index (χ1) is 4.31. The van der Waals surface area contributed by atoms with Gasteiger partial charge >= 0.3 is 0 Å². The molecule has 0 aliphatic carbocycles. The first-order valence-electron chi connectivity index (χ1n) is 2.98. The van der Waals surface area contributed by atoms with Crippen LogP contribution in [-0.2, 0) is 0 Å². The van der Waals surface area contributed by atoms with Gasteiger partial charge in [-0.1, -0.05) is 18.7 Å². The Bertz CT molecular complexity index is 132. The third-order valence-corrected chi connectivity index (χ3v) is 0.868. The second-order valence-corrected chi connectivity index (χ2v) is 1.72. The Kier molecular flexibility index (Phi) is 4.60. The second-order valence-electron chi connectivity index (χ2n) is 1.72. The second kappa shape index (κ2) is 5.16. The maximum atomic E-state index is 3.53. The van der Waals surface area contributed by atoms with E-state index in [-0.39, 0.29) is 0 Å². The fourth-order valence-electron chi connectivity index (χ4n) is 0.450. The fraction of sp³-hybridized carbons (Fsp3) is 0.250. The van der Waals surface area contributed by atoms with Crippen molar-refractivity contribution in [2.24, 2.45) is 0 Å². The average Bonchev–Trinajstić information content (AvgIpc) is 1.85. The van der Waals surface area contributed by atoms with E-state index in [2.05, 4.69) is 11.9 Å². The number of hydrogen-bond acceptors (Lipinski definition) is 1. The molecule has 0 radical (unpaired) electrons. The van der Waals surface area contributed by atoms with Crippen LogP contribution in [0.1, 0.15) is 13.8 Å². The lowest BCUT2D eigenvalue weighted by molar-refractivity contribution is 1.06. The predicted octanol–water partition coefficient (Wildman–Crippen LogP) is 2.20. The fourth-order valence-corrected chi connectivity index (χ4v) is 0.450. The lowest BCUT2D eigenvalue weighted by atomic mass is 10.4. The molecule has 1 nitrogen and oxygen atoms in total. The number of allylic oxidation sites excluding steroid dienone is 4. The van der Waals surface area contributed by atoms with E-state index in [9.17, 15) is 0 Å². The van der Waals surface area contributed by atoms with Crippen LogP contribution in [0.4, 0.5) is 0 Å². The molecule has 50 valence electrons. The molecule has 0 aliphatic rings. The van der Waals surface area contributed by atoms with Crippen LogP contribution in [0.15, 0.2) is 36.7 Å². The molecular formula is C8H13N. The molecule has 0 aliphatic heterocycles. The summed E-state index contributed by atoms with van der Waals surface area (Å²) in [6, 6.07) is 0. The summed E-state index contributed by atoms with van der Waals surface area (Å²) in [6.07, 6.45) is 7.61. The summed E-state index contributed by atoms with van der Waals surface area (Å²) in [5.41, 5.74) is 1.10. The Morgan fingerprint density at radius 3 is 2.67 bits per heavy atom. The molecule has 0 rings (SSSR count). The highest BCUT2D eigenvalue weighted by molar-refractivity contribution is 5.09. The van der Waals surface area contributed by atoms with Gasteiger partial charge in [-0.25, -0.2) is 0 Å². The van der Waals surface area contributed by atoms with E-state index in [4.69, 9.17) is 0 Å². The minimum atomic E-state index is 1.10. The van der Waals surface area contributed by atoms with Gasteiger partial charge in [0.25, 0.3) is 0 Å². The largest absolute Gasteiger partial charge is 0.366 e. The molecule has 0 saturated carbocycles. The molecule has 0 spiro atoms. The topological polar surface area (TPSA) is 12.0 Å². The quantitative estimate of drug-likeness (QED) is 0.567. The van der Waals surface area contributed by atoms with Crippen LogP contribution >= 0.6 is 0 Å². The number of hydrogen-bond donors (Lipinski definition) is 1. The molecule has 0 amide bonds. The SMILES string of the molecule is C=CN/C(C)=C/C=C\C. The van der Waals surface area contributed by atoms with Crippen molar-refractivity contribution in [1.82, 2.24) is 5.32 Å². The highest BCUT2D eigenvalue weighted by atomic mass is 14.8. The molecule has 0 heterocycles. The van der Waals surface area contributed by atoms with Gasteiger partial charge in [0.1, 0.15) is 0 Å². The van der Waals surface area contributed by atoms with Crippen LogP contribution < -0.4 is 5.32 Å². The van der Waals surface area contributed by atoms with Gasteiger partial charge in [0, 0.05) is 5.70 Å². The van der Waals surface area contributed by atoms with Crippen LogP contribution in [-0.4, -0.2) is 0 Å². The highest BCUT2D eigenvalue weighted by Crippen LogP contribution is 1.85. The van der Waals surface area contributed by atoms with Crippen molar-refractivity contribution in [3.8, 4) is 0 Å². The zero-order valence-corrected chi connectivity index (χ0v) is 6.02. The summed E-state index contributed by atoms with van der Waals surface area (Å²) >= 11 is 0. The van der Waals surface area contributed by atoms with Gasteiger partial charge in [-0.2, -0.15) is 0 Å². The van der Waals surface area contributed by atoms with E-state index in [1.165, 1.54) is 0 Å². The molecule has 0 bridgehead atoms. The smallest absolute Gasteiger partial charge is 0.0114 e. The third-order valence-electron chi connectivity index (χ3n) is 0.868. The average molecular weight is 123 g/mol. The Labute approximate surface area is 56.8 Å². The van der Waals surface area contributed by atoms with Gasteiger partial charge in [-0.15, -0.1) is 0 Å². The number of nitrogens with one attached hydrogen (secondary N) is 1. The van der Waals surface area contributed by atoms with Crippen molar-refractivity contribution < 1.29 is 0 Å². The van der Waals surface area contributed by atoms with Gasteiger partial charge in [0.15, 0.2) is 0 Å². The normalized spacial score (nSPS) is 12.0. The molecule has 1 heteroatoms. The van der Waals surface area contributed by atoms with Crippen LogP contribution in [0, 0.1) is 0 Å². The Balaban J connectivity index is 3.68. The van der Waals surface area contributed by atoms with Crippen LogP contribution in [0.2, 0.25) is 0 Å². The maximum Gasteiger partial charge on any atom is 0.0114 e. The van der Waals surface area contributed by atoms with E-state index in [0.717, 1.165) is 5.70 Å². The van der Waals surface area contributed by atoms with E-state index >= 15 is 0 Å². The molecule has 0 aromatic heterocycles. The number of rotatable bonds is 3. The summed E-state index contributed by atoms with van der Waals surface area (Å²) in [7, 11) is 0. The summed E-state index contributed by atoms with van der Waals surface area (Å²) in [5, 5.41) is 2.95. The molecular weight excluding hydrogens is 110 g/mol. The molecule has 0 unspecified atom stereocenters. The van der Waals surface area contributed by atoms with E-state index < -0.39 is 0 Å². The van der Waals surface area contributed by atoms with Gasteiger partial charge < -0.3 is 5.32 Å². The molecule has 0 aromatic rings. The maximum absolute atomic E-state index is 3.53. The van der Waals surface area contributed by atoms with Crippen LogP contribution in [0.5, 0.6) is 0 Å². The molecule has 9 heavy (non-hydrogen) atoms.